The molecule has 15 heteroatoms. The van der Waals surface area contributed by atoms with Crippen LogP contribution in [0.4, 0.5) is 30.2 Å². The van der Waals surface area contributed by atoms with Crippen LogP contribution in [0.5, 0.6) is 0 Å². The molecule has 0 radical (unpaired) electrons. The number of hydrazine groups is 1. The molecule has 0 amide bonds. The van der Waals surface area contributed by atoms with E-state index in [1.807, 2.05) is 0 Å². The molecule has 1 aromatic heterocycles. The van der Waals surface area contributed by atoms with Gasteiger partial charge in [-0.3, -0.25) is 15.5 Å². The van der Waals surface area contributed by atoms with Crippen LogP contribution in [0.3, 0.4) is 0 Å². The number of nitrogens with zero attached hydrogens (tertiary/aromatic N) is 2. The first kappa shape index (κ1) is 24.9. The number of hydrogen-bond donors (Lipinski definition) is 3. The molecule has 1 heterocycles. The molecule has 2 aromatic carbocycles. The Bertz CT molecular complexity index is 1310. The molecule has 0 aliphatic heterocycles. The zero-order valence-corrected chi connectivity index (χ0v) is 18.6. The van der Waals surface area contributed by atoms with Crippen molar-refractivity contribution in [3.8, 4) is 0 Å². The average molecular weight is 515 g/mol. The molecule has 180 valence electrons. The van der Waals surface area contributed by atoms with Gasteiger partial charge in [0.15, 0.2) is 5.11 Å². The Hall–Kier alpha value is -3.69. The summed E-state index contributed by atoms with van der Waals surface area (Å²) in [7, 11) is -4.16. The van der Waals surface area contributed by atoms with Gasteiger partial charge in [-0.1, -0.05) is 6.07 Å². The van der Waals surface area contributed by atoms with Crippen molar-refractivity contribution in [3.05, 3.63) is 82.3 Å². The van der Waals surface area contributed by atoms with E-state index in [-0.39, 0.29) is 17.9 Å². The second kappa shape index (κ2) is 9.66. The number of furan rings is 1. The zero-order valence-electron chi connectivity index (χ0n) is 16.9. The van der Waals surface area contributed by atoms with E-state index < -0.39 is 42.4 Å². The van der Waals surface area contributed by atoms with Gasteiger partial charge in [0.1, 0.15) is 11.4 Å². The summed E-state index contributed by atoms with van der Waals surface area (Å²) >= 11 is 4.88. The largest absolute Gasteiger partial charge is 0.468 e. The zero-order chi connectivity index (χ0) is 25.1. The third kappa shape index (κ3) is 5.81. The molecule has 0 bridgehead atoms. The van der Waals surface area contributed by atoms with Crippen LogP contribution < -0.4 is 20.9 Å². The smallest absolute Gasteiger partial charge is 0.416 e. The van der Waals surface area contributed by atoms with Crippen molar-refractivity contribution in [2.24, 2.45) is 5.73 Å². The molecule has 4 N–H and O–H groups in total. The van der Waals surface area contributed by atoms with Gasteiger partial charge in [-0.2, -0.15) is 13.2 Å². The summed E-state index contributed by atoms with van der Waals surface area (Å²) in [6.07, 6.45) is -3.30. The maximum atomic E-state index is 13.1. The lowest BCUT2D eigenvalue weighted by atomic mass is 10.2. The molecule has 0 saturated heterocycles. The lowest BCUT2D eigenvalue weighted by molar-refractivity contribution is -0.384. The number of alkyl halides is 3. The number of benzene rings is 2. The first-order valence-electron chi connectivity index (χ1n) is 9.22. The number of sulfonamides is 1. The number of hydrogen-bond acceptors (Lipinski definition) is 7. The maximum Gasteiger partial charge on any atom is 0.416 e. The normalized spacial score (nSPS) is 11.7. The van der Waals surface area contributed by atoms with Crippen molar-refractivity contribution in [2.45, 2.75) is 17.6 Å². The van der Waals surface area contributed by atoms with Crippen LogP contribution in [0.15, 0.2) is 70.2 Å². The number of anilines is 2. The molecule has 0 saturated carbocycles. The Kier molecular flexibility index (Phi) is 7.09. The summed E-state index contributed by atoms with van der Waals surface area (Å²) in [5, 5.41) is 12.0. The molecule has 0 aliphatic carbocycles. The van der Waals surface area contributed by atoms with Gasteiger partial charge in [-0.15, -0.1) is 0 Å². The number of nitrogens with one attached hydrogen (secondary N) is 2. The fourth-order valence-corrected chi connectivity index (χ4v) is 3.94. The van der Waals surface area contributed by atoms with Crippen LogP contribution in [-0.2, 0) is 22.7 Å². The minimum absolute atomic E-state index is 0.145. The van der Waals surface area contributed by atoms with E-state index in [9.17, 15) is 31.7 Å². The fourth-order valence-electron chi connectivity index (χ4n) is 2.78. The molecular formula is C19H16F3N5O5S2. The maximum absolute atomic E-state index is 13.1. The Morgan fingerprint density at radius 2 is 1.91 bits per heavy atom. The SMILES string of the molecule is NC(=S)N(Nc1ccc(S(=O)(=O)NCc2ccco2)cc1[N+](=O)[O-])c1cccc(C(F)(F)F)c1. The summed E-state index contributed by atoms with van der Waals surface area (Å²) in [4.78, 5) is 10.3. The molecule has 3 rings (SSSR count). The van der Waals surface area contributed by atoms with E-state index >= 15 is 0 Å². The van der Waals surface area contributed by atoms with Gasteiger partial charge in [0.2, 0.25) is 10.0 Å². The Morgan fingerprint density at radius 3 is 2.50 bits per heavy atom. The van der Waals surface area contributed by atoms with E-state index in [1.54, 1.807) is 6.07 Å². The van der Waals surface area contributed by atoms with Gasteiger partial charge in [0.25, 0.3) is 5.69 Å². The van der Waals surface area contributed by atoms with Crippen LogP contribution in [0.2, 0.25) is 0 Å². The minimum atomic E-state index is -4.65. The van der Waals surface area contributed by atoms with E-state index in [4.69, 9.17) is 22.4 Å². The summed E-state index contributed by atoms with van der Waals surface area (Å²) in [5.74, 6) is 0.324. The Labute approximate surface area is 196 Å². The van der Waals surface area contributed by atoms with Crippen molar-refractivity contribution in [3.63, 3.8) is 0 Å². The van der Waals surface area contributed by atoms with Gasteiger partial charge >= 0.3 is 6.18 Å². The first-order valence-corrected chi connectivity index (χ1v) is 11.1. The molecule has 10 nitrogen and oxygen atoms in total. The lowest BCUT2D eigenvalue weighted by Crippen LogP contribution is -2.40. The first-order chi connectivity index (χ1) is 15.9. The van der Waals surface area contributed by atoms with E-state index in [0.717, 1.165) is 41.4 Å². The van der Waals surface area contributed by atoms with Crippen molar-refractivity contribution < 1.29 is 30.9 Å². The Morgan fingerprint density at radius 1 is 1.18 bits per heavy atom. The summed E-state index contributed by atoms with van der Waals surface area (Å²) in [6, 6.07) is 9.97. The highest BCUT2D eigenvalue weighted by Gasteiger charge is 2.31. The Balaban J connectivity index is 1.93. The number of halogens is 3. The molecule has 0 aliphatic rings. The summed E-state index contributed by atoms with van der Waals surface area (Å²) in [5.41, 5.74) is 6.01. The quantitative estimate of drug-likeness (QED) is 0.232. The fraction of sp³-hybridized carbons (Fsp3) is 0.105. The molecule has 0 spiro atoms. The molecule has 34 heavy (non-hydrogen) atoms. The number of rotatable bonds is 8. The molecule has 0 fully saturated rings. The third-order valence-electron chi connectivity index (χ3n) is 4.38. The van der Waals surface area contributed by atoms with Gasteiger partial charge < -0.3 is 10.2 Å². The summed E-state index contributed by atoms with van der Waals surface area (Å²) < 4.78 is 71.6. The van der Waals surface area contributed by atoms with Gasteiger partial charge in [-0.05, 0) is 54.7 Å². The van der Waals surface area contributed by atoms with Gasteiger partial charge in [0.05, 0.1) is 33.9 Å². The second-order valence-corrected chi connectivity index (χ2v) is 8.86. The van der Waals surface area contributed by atoms with Crippen LogP contribution in [0, 0.1) is 10.1 Å². The third-order valence-corrected chi connectivity index (χ3v) is 5.96. The topological polar surface area (TPSA) is 144 Å². The molecule has 0 unspecified atom stereocenters. The van der Waals surface area contributed by atoms with Gasteiger partial charge in [-0.25, -0.2) is 18.1 Å². The highest BCUT2D eigenvalue weighted by molar-refractivity contribution is 7.89. The molecular weight excluding hydrogens is 499 g/mol. The van der Waals surface area contributed by atoms with Crippen LogP contribution in [0.25, 0.3) is 0 Å². The average Bonchev–Trinajstić information content (AvgIpc) is 3.29. The number of nitrogens with two attached hydrogens (primary N) is 1. The number of nitro benzene ring substituents is 1. The number of nitro groups is 1. The second-order valence-electron chi connectivity index (χ2n) is 6.67. The number of thiocarbonyl (C=S) groups is 1. The summed E-state index contributed by atoms with van der Waals surface area (Å²) in [6.45, 7) is -0.187. The molecule has 0 atom stereocenters. The standard InChI is InChI=1S/C19H16F3N5O5S2/c20-19(21,22)12-3-1-4-13(9-12)26(18(23)33)25-16-7-6-15(10-17(16)27(28)29)34(30,31)24-11-14-5-2-8-32-14/h1-10,24-25H,11H2,(H2,23,33). The van der Waals surface area contributed by atoms with Crippen molar-refractivity contribution >= 4 is 44.4 Å². The van der Waals surface area contributed by atoms with Crippen LogP contribution in [-0.4, -0.2) is 18.5 Å². The highest BCUT2D eigenvalue weighted by atomic mass is 32.2. The van der Waals surface area contributed by atoms with Crippen molar-refractivity contribution in [1.29, 1.82) is 0 Å². The predicted octanol–water partition coefficient (Wildman–Crippen LogP) is 3.76. The van der Waals surface area contributed by atoms with Crippen molar-refractivity contribution in [1.82, 2.24) is 4.72 Å². The van der Waals surface area contributed by atoms with E-state index in [1.165, 1.54) is 18.4 Å². The molecule has 3 aromatic rings. The van der Waals surface area contributed by atoms with E-state index in [2.05, 4.69) is 10.1 Å². The highest BCUT2D eigenvalue weighted by Crippen LogP contribution is 2.33. The predicted molar refractivity (Wildman–Crippen MR) is 120 cm³/mol. The van der Waals surface area contributed by atoms with Crippen LogP contribution in [0.1, 0.15) is 11.3 Å². The minimum Gasteiger partial charge on any atom is -0.468 e. The van der Waals surface area contributed by atoms with Crippen LogP contribution >= 0.6 is 12.2 Å². The monoisotopic (exact) mass is 515 g/mol. The van der Waals surface area contributed by atoms with Gasteiger partial charge in [0, 0.05) is 6.07 Å². The van der Waals surface area contributed by atoms with Crippen molar-refractivity contribution in [2.75, 3.05) is 10.4 Å². The van der Waals surface area contributed by atoms with E-state index in [0.29, 0.717) is 5.76 Å². The lowest BCUT2D eigenvalue weighted by Gasteiger charge is -2.25.